The van der Waals surface area contributed by atoms with Gasteiger partial charge in [-0.25, -0.2) is 9.37 Å². The van der Waals surface area contributed by atoms with E-state index in [4.69, 9.17) is 4.74 Å². The van der Waals surface area contributed by atoms with Crippen molar-refractivity contribution in [2.75, 3.05) is 7.11 Å². The summed E-state index contributed by atoms with van der Waals surface area (Å²) in [5.41, 5.74) is 5.19. The molecule has 6 heteroatoms. The van der Waals surface area contributed by atoms with Crippen molar-refractivity contribution in [3.05, 3.63) is 58.7 Å². The number of aryl methyl sites for hydroxylation is 2. The zero-order chi connectivity index (χ0) is 19.1. The number of nitrogens with one attached hydrogen (secondary N) is 1. The Hall–Kier alpha value is -2.89. The van der Waals surface area contributed by atoms with Crippen molar-refractivity contribution >= 4 is 16.9 Å². The zero-order valence-electron chi connectivity index (χ0n) is 15.7. The fraction of sp³-hybridized carbons (Fsp3) is 0.333. The molecule has 5 nitrogen and oxygen atoms in total. The van der Waals surface area contributed by atoms with E-state index in [1.54, 1.807) is 19.3 Å². The van der Waals surface area contributed by atoms with Gasteiger partial charge in [-0.1, -0.05) is 6.07 Å². The summed E-state index contributed by atoms with van der Waals surface area (Å²) in [5, 5.41) is 2.95. The molecule has 3 aromatic rings. The van der Waals surface area contributed by atoms with Crippen LogP contribution in [0.15, 0.2) is 30.6 Å². The highest BCUT2D eigenvalue weighted by atomic mass is 19.1. The van der Waals surface area contributed by atoms with Crippen LogP contribution in [-0.2, 0) is 13.6 Å². The molecule has 1 heterocycles. The summed E-state index contributed by atoms with van der Waals surface area (Å²) in [6.07, 6.45) is 4.13. The molecular formula is C21H22FN3O2. The first-order chi connectivity index (χ1) is 13.0. The molecular weight excluding hydrogens is 345 g/mol. The van der Waals surface area contributed by atoms with Gasteiger partial charge in [0.15, 0.2) is 11.6 Å². The van der Waals surface area contributed by atoms with Crippen molar-refractivity contribution < 1.29 is 13.9 Å². The van der Waals surface area contributed by atoms with Gasteiger partial charge >= 0.3 is 0 Å². The lowest BCUT2D eigenvalue weighted by molar-refractivity contribution is 0.0950. The van der Waals surface area contributed by atoms with Gasteiger partial charge in [0, 0.05) is 24.7 Å². The van der Waals surface area contributed by atoms with E-state index in [-0.39, 0.29) is 17.2 Å². The second kappa shape index (κ2) is 6.68. The van der Waals surface area contributed by atoms with Gasteiger partial charge in [0.05, 0.1) is 24.5 Å². The third-order valence-electron chi connectivity index (χ3n) is 5.16. The van der Waals surface area contributed by atoms with Crippen LogP contribution in [0.1, 0.15) is 45.8 Å². The number of aromatic nitrogens is 2. The quantitative estimate of drug-likeness (QED) is 0.745. The average molecular weight is 367 g/mol. The first-order valence-corrected chi connectivity index (χ1v) is 9.04. The number of imidazole rings is 1. The highest BCUT2D eigenvalue weighted by Crippen LogP contribution is 2.43. The summed E-state index contributed by atoms with van der Waals surface area (Å²) in [4.78, 5) is 17.1. The summed E-state index contributed by atoms with van der Waals surface area (Å²) < 4.78 is 21.1. The molecule has 1 aromatic heterocycles. The minimum Gasteiger partial charge on any atom is -0.493 e. The van der Waals surface area contributed by atoms with E-state index in [1.807, 2.05) is 17.7 Å². The lowest BCUT2D eigenvalue weighted by Gasteiger charge is -2.14. The van der Waals surface area contributed by atoms with Crippen molar-refractivity contribution in [2.24, 2.45) is 7.05 Å². The number of hydrogen-bond donors (Lipinski definition) is 1. The van der Waals surface area contributed by atoms with Gasteiger partial charge in [-0.2, -0.15) is 0 Å². The van der Waals surface area contributed by atoms with Gasteiger partial charge in [0.25, 0.3) is 5.91 Å². The Bertz CT molecular complexity index is 1010. The van der Waals surface area contributed by atoms with E-state index in [2.05, 4.69) is 16.4 Å². The summed E-state index contributed by atoms with van der Waals surface area (Å²) in [6.45, 7) is 2.11. The Labute approximate surface area is 157 Å². The summed E-state index contributed by atoms with van der Waals surface area (Å²) in [7, 11) is 3.37. The van der Waals surface area contributed by atoms with Crippen molar-refractivity contribution in [3.8, 4) is 5.75 Å². The van der Waals surface area contributed by atoms with Crippen molar-refractivity contribution in [1.82, 2.24) is 14.9 Å². The monoisotopic (exact) mass is 367 g/mol. The first-order valence-electron chi connectivity index (χ1n) is 9.04. The van der Waals surface area contributed by atoms with Crippen molar-refractivity contribution in [1.29, 1.82) is 0 Å². The van der Waals surface area contributed by atoms with Crippen LogP contribution in [0.3, 0.4) is 0 Å². The molecule has 27 heavy (non-hydrogen) atoms. The molecule has 2 aromatic carbocycles. The maximum absolute atomic E-state index is 14.1. The topological polar surface area (TPSA) is 56.1 Å². The van der Waals surface area contributed by atoms with E-state index < -0.39 is 5.82 Å². The molecule has 1 aliphatic carbocycles. The molecule has 1 amide bonds. The molecule has 0 spiro atoms. The number of ether oxygens (including phenoxy) is 1. The summed E-state index contributed by atoms with van der Waals surface area (Å²) in [5.74, 6) is -0.116. The van der Waals surface area contributed by atoms with Crippen LogP contribution in [-0.4, -0.2) is 22.6 Å². The maximum Gasteiger partial charge on any atom is 0.251 e. The minimum atomic E-state index is -0.532. The van der Waals surface area contributed by atoms with E-state index in [0.29, 0.717) is 18.0 Å². The molecule has 0 saturated heterocycles. The van der Waals surface area contributed by atoms with Crippen molar-refractivity contribution in [3.63, 3.8) is 0 Å². The van der Waals surface area contributed by atoms with Crippen molar-refractivity contribution in [2.45, 2.75) is 32.2 Å². The number of carbonyl (C=O) groups excluding carboxylic acids is 1. The number of benzene rings is 2. The number of hydrogen-bond acceptors (Lipinski definition) is 3. The molecule has 140 valence electrons. The van der Waals surface area contributed by atoms with Crippen LogP contribution in [0.2, 0.25) is 0 Å². The number of fused-ring (bicyclic) bond motifs is 1. The summed E-state index contributed by atoms with van der Waals surface area (Å²) >= 11 is 0. The Balaban J connectivity index is 1.63. The van der Waals surface area contributed by atoms with Crippen LogP contribution in [0.25, 0.3) is 11.0 Å². The van der Waals surface area contributed by atoms with Crippen LogP contribution in [0, 0.1) is 12.7 Å². The van der Waals surface area contributed by atoms with E-state index >= 15 is 0 Å². The fourth-order valence-corrected chi connectivity index (χ4v) is 3.70. The van der Waals surface area contributed by atoms with Gasteiger partial charge in [0.2, 0.25) is 0 Å². The predicted molar refractivity (Wildman–Crippen MR) is 102 cm³/mol. The molecule has 0 atom stereocenters. The molecule has 1 aliphatic rings. The van der Waals surface area contributed by atoms with Gasteiger partial charge in [0.1, 0.15) is 0 Å². The number of carbonyl (C=O) groups is 1. The predicted octanol–water partition coefficient (Wildman–Crippen LogP) is 3.84. The minimum absolute atomic E-state index is 0.169. The van der Waals surface area contributed by atoms with Crippen LogP contribution >= 0.6 is 0 Å². The Morgan fingerprint density at radius 3 is 2.81 bits per heavy atom. The summed E-state index contributed by atoms with van der Waals surface area (Å²) in [6, 6.07) is 7.01. The second-order valence-corrected chi connectivity index (χ2v) is 7.12. The number of rotatable bonds is 5. The molecule has 0 unspecified atom stereocenters. The lowest BCUT2D eigenvalue weighted by Crippen LogP contribution is -2.24. The molecule has 1 fully saturated rings. The SMILES string of the molecule is COc1c(C)cc(C(=O)NCc2c(C3CC3)ccc3ncn(C)c23)cc1F. The number of amides is 1. The van der Waals surface area contributed by atoms with Gasteiger partial charge in [-0.3, -0.25) is 4.79 Å². The standard InChI is InChI=1S/C21H22FN3O2/c1-12-8-14(9-17(22)20(12)27-3)21(26)23-10-16-15(13-4-5-13)6-7-18-19(16)25(2)11-24-18/h6-9,11,13H,4-5,10H2,1-3H3,(H,23,26). The first kappa shape index (κ1) is 17.5. The van der Waals surface area contributed by atoms with Crippen LogP contribution < -0.4 is 10.1 Å². The van der Waals surface area contributed by atoms with Gasteiger partial charge in [-0.05, 0) is 55.0 Å². The Morgan fingerprint density at radius 2 is 2.15 bits per heavy atom. The fourth-order valence-electron chi connectivity index (χ4n) is 3.70. The van der Waals surface area contributed by atoms with E-state index in [1.165, 1.54) is 31.6 Å². The smallest absolute Gasteiger partial charge is 0.251 e. The van der Waals surface area contributed by atoms with Crippen LogP contribution in [0.5, 0.6) is 5.75 Å². The molecule has 4 rings (SSSR count). The molecule has 0 bridgehead atoms. The van der Waals surface area contributed by atoms with E-state index in [9.17, 15) is 9.18 Å². The number of methoxy groups -OCH3 is 1. The molecule has 1 N–H and O–H groups in total. The second-order valence-electron chi connectivity index (χ2n) is 7.12. The Morgan fingerprint density at radius 1 is 1.37 bits per heavy atom. The third-order valence-corrected chi connectivity index (χ3v) is 5.16. The normalized spacial score (nSPS) is 13.8. The lowest BCUT2D eigenvalue weighted by atomic mass is 10.0. The molecule has 1 saturated carbocycles. The largest absolute Gasteiger partial charge is 0.493 e. The highest BCUT2D eigenvalue weighted by molar-refractivity contribution is 5.95. The van der Waals surface area contributed by atoms with Gasteiger partial charge in [-0.15, -0.1) is 0 Å². The molecule has 0 aliphatic heterocycles. The average Bonchev–Trinajstić information content (AvgIpc) is 3.42. The number of halogens is 1. The number of nitrogens with zero attached hydrogens (tertiary/aromatic N) is 2. The van der Waals surface area contributed by atoms with Crippen LogP contribution in [0.4, 0.5) is 4.39 Å². The Kier molecular flexibility index (Phi) is 4.34. The highest BCUT2D eigenvalue weighted by Gasteiger charge is 2.28. The van der Waals surface area contributed by atoms with Gasteiger partial charge < -0.3 is 14.6 Å². The maximum atomic E-state index is 14.1. The third kappa shape index (κ3) is 3.16. The zero-order valence-corrected chi connectivity index (χ0v) is 15.7. The molecule has 0 radical (unpaired) electrons. The van der Waals surface area contributed by atoms with E-state index in [0.717, 1.165) is 16.6 Å².